The zero-order valence-corrected chi connectivity index (χ0v) is 11.5. The molecule has 1 amide bonds. The fourth-order valence-corrected chi connectivity index (χ4v) is 2.33. The molecule has 1 aromatic rings. The first kappa shape index (κ1) is 12.9. The van der Waals surface area contributed by atoms with Gasteiger partial charge in [-0.3, -0.25) is 4.79 Å². The second kappa shape index (κ2) is 5.01. The van der Waals surface area contributed by atoms with Gasteiger partial charge >= 0.3 is 0 Å². The number of nitrogens with zero attached hydrogens (tertiary/aromatic N) is 1. The van der Waals surface area contributed by atoms with Crippen LogP contribution in [0.4, 0.5) is 5.69 Å². The Balaban J connectivity index is 2.29. The minimum atomic E-state index is 0.142. The van der Waals surface area contributed by atoms with E-state index in [0.717, 1.165) is 42.5 Å². The maximum Gasteiger partial charge on any atom is 0.254 e. The smallest absolute Gasteiger partial charge is 0.254 e. The molecule has 0 aromatic heterocycles. The first-order chi connectivity index (χ1) is 8.54. The normalized spacial score (nSPS) is 14.6. The molecule has 0 radical (unpaired) electrons. The van der Waals surface area contributed by atoms with Gasteiger partial charge in [0.1, 0.15) is 0 Å². The van der Waals surface area contributed by atoms with Gasteiger partial charge in [0, 0.05) is 23.8 Å². The first-order valence-corrected chi connectivity index (χ1v) is 6.72. The number of amides is 1. The molecule has 3 nitrogen and oxygen atoms in total. The van der Waals surface area contributed by atoms with E-state index in [1.807, 2.05) is 30.9 Å². The molecule has 98 valence electrons. The van der Waals surface area contributed by atoms with E-state index < -0.39 is 0 Å². The number of nitrogen functional groups attached to an aromatic ring is 1. The minimum absolute atomic E-state index is 0.142. The molecule has 1 aromatic carbocycles. The Bertz CT molecular complexity index is 464. The molecule has 0 atom stereocenters. The lowest BCUT2D eigenvalue weighted by molar-refractivity contribution is 0.0742. The highest BCUT2D eigenvalue weighted by atomic mass is 16.2. The molecule has 0 bridgehead atoms. The van der Waals surface area contributed by atoms with Crippen LogP contribution in [-0.4, -0.2) is 23.4 Å². The number of nitrogens with two attached hydrogens (primary N) is 1. The van der Waals surface area contributed by atoms with E-state index in [1.54, 1.807) is 0 Å². The Morgan fingerprint density at radius 1 is 1.33 bits per heavy atom. The van der Waals surface area contributed by atoms with Crippen LogP contribution in [0, 0.1) is 13.8 Å². The third-order valence-electron chi connectivity index (χ3n) is 3.56. The van der Waals surface area contributed by atoms with E-state index in [9.17, 15) is 4.79 Å². The largest absolute Gasteiger partial charge is 0.398 e. The van der Waals surface area contributed by atoms with Gasteiger partial charge in [0.25, 0.3) is 5.91 Å². The predicted octanol–water partition coefficient (Wildman–Crippen LogP) is 2.90. The number of carbonyl (C=O) groups is 1. The topological polar surface area (TPSA) is 46.3 Å². The van der Waals surface area contributed by atoms with Crippen molar-refractivity contribution in [2.75, 3.05) is 12.3 Å². The molecular formula is C15H22N2O. The average molecular weight is 246 g/mol. The number of hydrogen-bond acceptors (Lipinski definition) is 2. The number of benzene rings is 1. The van der Waals surface area contributed by atoms with Crippen molar-refractivity contribution in [1.82, 2.24) is 4.90 Å². The lowest BCUT2D eigenvalue weighted by atomic mass is 10.0. The molecule has 0 spiro atoms. The first-order valence-electron chi connectivity index (χ1n) is 6.72. The van der Waals surface area contributed by atoms with Gasteiger partial charge in [-0.1, -0.05) is 13.0 Å². The van der Waals surface area contributed by atoms with Crippen molar-refractivity contribution in [3.8, 4) is 0 Å². The van der Waals surface area contributed by atoms with Crippen LogP contribution >= 0.6 is 0 Å². The van der Waals surface area contributed by atoms with Crippen LogP contribution in [-0.2, 0) is 0 Å². The van der Waals surface area contributed by atoms with Crippen molar-refractivity contribution in [3.05, 3.63) is 28.8 Å². The molecule has 1 aliphatic carbocycles. The molecular weight excluding hydrogens is 224 g/mol. The monoisotopic (exact) mass is 246 g/mol. The predicted molar refractivity (Wildman–Crippen MR) is 74.7 cm³/mol. The van der Waals surface area contributed by atoms with Crippen LogP contribution in [0.15, 0.2) is 12.1 Å². The van der Waals surface area contributed by atoms with Gasteiger partial charge < -0.3 is 10.6 Å². The lowest BCUT2D eigenvalue weighted by Crippen LogP contribution is -2.34. The van der Waals surface area contributed by atoms with Crippen LogP contribution in [0.2, 0.25) is 0 Å². The Kier molecular flexibility index (Phi) is 3.60. The van der Waals surface area contributed by atoms with Gasteiger partial charge in [0.15, 0.2) is 0 Å². The molecule has 1 saturated carbocycles. The summed E-state index contributed by atoms with van der Waals surface area (Å²) in [6.07, 6.45) is 3.29. The highest BCUT2D eigenvalue weighted by Crippen LogP contribution is 2.29. The fourth-order valence-electron chi connectivity index (χ4n) is 2.33. The summed E-state index contributed by atoms with van der Waals surface area (Å²) in [6.45, 7) is 6.91. The SMILES string of the molecule is CCCN(C(=O)c1cc(N)c(C)cc1C)C1CC1. The van der Waals surface area contributed by atoms with Crippen molar-refractivity contribution in [1.29, 1.82) is 0 Å². The summed E-state index contributed by atoms with van der Waals surface area (Å²) < 4.78 is 0. The van der Waals surface area contributed by atoms with Gasteiger partial charge in [-0.05, 0) is 50.3 Å². The number of hydrogen-bond donors (Lipinski definition) is 1. The highest BCUT2D eigenvalue weighted by molar-refractivity contribution is 5.97. The van der Waals surface area contributed by atoms with E-state index in [1.165, 1.54) is 0 Å². The Morgan fingerprint density at radius 3 is 2.56 bits per heavy atom. The summed E-state index contributed by atoms with van der Waals surface area (Å²) in [5, 5.41) is 0. The van der Waals surface area contributed by atoms with E-state index in [0.29, 0.717) is 11.7 Å². The maximum absolute atomic E-state index is 12.6. The Hall–Kier alpha value is -1.51. The zero-order chi connectivity index (χ0) is 13.3. The molecule has 2 N–H and O–H groups in total. The van der Waals surface area contributed by atoms with Gasteiger partial charge in [-0.25, -0.2) is 0 Å². The summed E-state index contributed by atoms with van der Waals surface area (Å²) in [5.41, 5.74) is 9.45. The molecule has 0 aliphatic heterocycles. The van der Waals surface area contributed by atoms with E-state index in [-0.39, 0.29) is 5.91 Å². The minimum Gasteiger partial charge on any atom is -0.398 e. The molecule has 0 saturated heterocycles. The van der Waals surface area contributed by atoms with Crippen LogP contribution in [0.3, 0.4) is 0 Å². The zero-order valence-electron chi connectivity index (χ0n) is 11.5. The second-order valence-electron chi connectivity index (χ2n) is 5.25. The van der Waals surface area contributed by atoms with Crippen molar-refractivity contribution in [2.24, 2.45) is 0 Å². The number of rotatable bonds is 4. The van der Waals surface area contributed by atoms with Gasteiger partial charge in [0.2, 0.25) is 0 Å². The van der Waals surface area contributed by atoms with E-state index in [4.69, 9.17) is 5.73 Å². The molecule has 0 unspecified atom stereocenters. The molecule has 2 rings (SSSR count). The van der Waals surface area contributed by atoms with Crippen LogP contribution in [0.5, 0.6) is 0 Å². The van der Waals surface area contributed by atoms with E-state index >= 15 is 0 Å². The molecule has 3 heteroatoms. The molecule has 0 heterocycles. The Morgan fingerprint density at radius 2 is 2.00 bits per heavy atom. The Labute approximate surface area is 109 Å². The fraction of sp³-hybridized carbons (Fsp3) is 0.533. The van der Waals surface area contributed by atoms with Gasteiger partial charge in [-0.2, -0.15) is 0 Å². The van der Waals surface area contributed by atoms with Crippen molar-refractivity contribution in [2.45, 2.75) is 46.1 Å². The summed E-state index contributed by atoms with van der Waals surface area (Å²) in [4.78, 5) is 14.6. The molecule has 1 aliphatic rings. The molecule has 18 heavy (non-hydrogen) atoms. The van der Waals surface area contributed by atoms with Gasteiger partial charge in [-0.15, -0.1) is 0 Å². The maximum atomic E-state index is 12.6. The number of aryl methyl sites for hydroxylation is 2. The van der Waals surface area contributed by atoms with Crippen LogP contribution < -0.4 is 5.73 Å². The third-order valence-corrected chi connectivity index (χ3v) is 3.56. The van der Waals surface area contributed by atoms with Gasteiger partial charge in [0.05, 0.1) is 0 Å². The summed E-state index contributed by atoms with van der Waals surface area (Å²) >= 11 is 0. The average Bonchev–Trinajstić information content (AvgIpc) is 3.14. The second-order valence-corrected chi connectivity index (χ2v) is 5.25. The third kappa shape index (κ3) is 2.50. The van der Waals surface area contributed by atoms with Crippen LogP contribution in [0.1, 0.15) is 47.7 Å². The van der Waals surface area contributed by atoms with Crippen molar-refractivity contribution >= 4 is 11.6 Å². The lowest BCUT2D eigenvalue weighted by Gasteiger charge is -2.23. The molecule has 1 fully saturated rings. The van der Waals surface area contributed by atoms with Crippen LogP contribution in [0.25, 0.3) is 0 Å². The number of anilines is 1. The van der Waals surface area contributed by atoms with Crippen molar-refractivity contribution < 1.29 is 4.79 Å². The summed E-state index contributed by atoms with van der Waals surface area (Å²) in [6, 6.07) is 4.29. The standard InChI is InChI=1S/C15H22N2O/c1-4-7-17(12-5-6-12)15(18)13-9-14(16)11(3)8-10(13)2/h8-9,12H,4-7,16H2,1-3H3. The summed E-state index contributed by atoms with van der Waals surface area (Å²) in [5.74, 6) is 0.142. The number of carbonyl (C=O) groups excluding carboxylic acids is 1. The van der Waals surface area contributed by atoms with E-state index in [2.05, 4.69) is 6.92 Å². The highest BCUT2D eigenvalue weighted by Gasteiger charge is 2.32. The quantitative estimate of drug-likeness (QED) is 0.830. The van der Waals surface area contributed by atoms with Crippen molar-refractivity contribution in [3.63, 3.8) is 0 Å². The summed E-state index contributed by atoms with van der Waals surface area (Å²) in [7, 11) is 0.